The zero-order chi connectivity index (χ0) is 37.8. The highest BCUT2D eigenvalue weighted by molar-refractivity contribution is 7.19. The van der Waals surface area contributed by atoms with Gasteiger partial charge in [0.1, 0.15) is 5.58 Å². The lowest BCUT2D eigenvalue weighted by Crippen LogP contribution is -2.74. The van der Waals surface area contributed by atoms with Crippen molar-refractivity contribution in [1.29, 1.82) is 0 Å². The molecule has 9 aromatic carbocycles. The Morgan fingerprint density at radius 1 is 0.316 bits per heavy atom. The molecule has 2 aromatic heterocycles. The second kappa shape index (κ2) is 13.5. The Morgan fingerprint density at radius 3 is 1.37 bits per heavy atom. The molecular formula is C54H37NOSi. The first-order valence-corrected chi connectivity index (χ1v) is 21.6. The molecule has 0 aliphatic heterocycles. The van der Waals surface area contributed by atoms with Gasteiger partial charge in [-0.15, -0.1) is 0 Å². The van der Waals surface area contributed by atoms with Crippen LogP contribution in [-0.4, -0.2) is 12.6 Å². The van der Waals surface area contributed by atoms with Gasteiger partial charge in [0.15, 0.2) is 13.7 Å². The number of hydrogen-bond donors (Lipinski definition) is 0. The van der Waals surface area contributed by atoms with E-state index in [-0.39, 0.29) is 0 Å². The molecule has 0 radical (unpaired) electrons. The average molecular weight is 744 g/mol. The van der Waals surface area contributed by atoms with Crippen LogP contribution in [0.2, 0.25) is 0 Å². The van der Waals surface area contributed by atoms with Crippen molar-refractivity contribution in [3.8, 4) is 27.9 Å². The van der Waals surface area contributed by atoms with E-state index in [0.717, 1.165) is 33.2 Å². The number of benzene rings is 9. The number of furan rings is 1. The van der Waals surface area contributed by atoms with Gasteiger partial charge in [-0.25, -0.2) is 0 Å². The second-order valence-corrected chi connectivity index (χ2v) is 18.7. The summed E-state index contributed by atoms with van der Waals surface area (Å²) in [5.74, 6) is 0. The van der Waals surface area contributed by atoms with Gasteiger partial charge in [-0.05, 0) is 79.4 Å². The Morgan fingerprint density at radius 2 is 0.772 bits per heavy atom. The van der Waals surface area contributed by atoms with Gasteiger partial charge in [-0.3, -0.25) is 0 Å². The predicted molar refractivity (Wildman–Crippen MR) is 243 cm³/mol. The van der Waals surface area contributed by atoms with Crippen molar-refractivity contribution in [3.63, 3.8) is 0 Å². The lowest BCUT2D eigenvalue weighted by Gasteiger charge is -2.34. The molecule has 0 aliphatic rings. The van der Waals surface area contributed by atoms with Gasteiger partial charge in [0, 0.05) is 21.5 Å². The maximum Gasteiger partial charge on any atom is 0.179 e. The molecule has 0 atom stereocenters. The molecule has 0 saturated heterocycles. The molecule has 0 N–H and O–H groups in total. The first-order chi connectivity index (χ1) is 28.3. The number of para-hydroxylation sites is 3. The highest BCUT2D eigenvalue weighted by Crippen LogP contribution is 2.39. The molecule has 0 unspecified atom stereocenters. The van der Waals surface area contributed by atoms with Gasteiger partial charge in [0.25, 0.3) is 0 Å². The van der Waals surface area contributed by atoms with Crippen LogP contribution in [0.1, 0.15) is 0 Å². The normalized spacial score (nSPS) is 11.9. The predicted octanol–water partition coefficient (Wildman–Crippen LogP) is 11.4. The third-order valence-electron chi connectivity index (χ3n) is 11.7. The Hall–Kier alpha value is -7.20. The summed E-state index contributed by atoms with van der Waals surface area (Å²) < 4.78 is 9.07. The molecular weight excluding hydrogens is 707 g/mol. The molecule has 11 rings (SSSR count). The molecule has 11 aromatic rings. The van der Waals surface area contributed by atoms with Crippen LogP contribution in [0, 0.1) is 0 Å². The van der Waals surface area contributed by atoms with Gasteiger partial charge in [-0.1, -0.05) is 188 Å². The van der Waals surface area contributed by atoms with E-state index < -0.39 is 8.07 Å². The molecule has 0 saturated carbocycles. The van der Waals surface area contributed by atoms with E-state index >= 15 is 0 Å². The Labute approximate surface area is 332 Å². The lowest BCUT2D eigenvalue weighted by molar-refractivity contribution is 0.666. The van der Waals surface area contributed by atoms with E-state index in [1.807, 2.05) is 0 Å². The second-order valence-electron chi connectivity index (χ2n) is 14.8. The third-order valence-corrected chi connectivity index (χ3v) is 16.5. The highest BCUT2D eigenvalue weighted by atomic mass is 28.3. The first-order valence-electron chi connectivity index (χ1n) is 19.6. The van der Waals surface area contributed by atoms with E-state index in [4.69, 9.17) is 4.42 Å². The van der Waals surface area contributed by atoms with Crippen molar-refractivity contribution >= 4 is 72.6 Å². The fourth-order valence-corrected chi connectivity index (χ4v) is 14.0. The molecule has 268 valence electrons. The summed E-state index contributed by atoms with van der Waals surface area (Å²) in [7, 11) is -2.66. The van der Waals surface area contributed by atoms with Gasteiger partial charge in [0.2, 0.25) is 0 Å². The number of rotatable bonds is 7. The van der Waals surface area contributed by atoms with Crippen molar-refractivity contribution in [3.05, 3.63) is 224 Å². The first kappa shape index (κ1) is 33.2. The van der Waals surface area contributed by atoms with Gasteiger partial charge in [0.05, 0.1) is 16.7 Å². The van der Waals surface area contributed by atoms with Crippen molar-refractivity contribution < 1.29 is 4.42 Å². The van der Waals surface area contributed by atoms with Crippen LogP contribution in [0.25, 0.3) is 71.7 Å². The van der Waals surface area contributed by atoms with Crippen LogP contribution >= 0.6 is 0 Å². The van der Waals surface area contributed by atoms with Crippen LogP contribution in [0.5, 0.6) is 0 Å². The standard InChI is InChI=1S/C54H37NOSi/c1-4-20-42(21-5-1)57(43-22-6-2-7-23-43,44-24-8-3-9-25-44)45-26-15-19-40(36-45)38-17-14-18-39(35-38)41-33-34-53-49(37-41)48-29-16-32-52(54(48)56-53)55-50-30-12-10-27-46(50)47-28-11-13-31-51(47)55/h1-37H. The summed E-state index contributed by atoms with van der Waals surface area (Å²) in [4.78, 5) is 0. The molecule has 2 heterocycles. The molecule has 0 amide bonds. The van der Waals surface area contributed by atoms with Crippen molar-refractivity contribution in [2.75, 3.05) is 0 Å². The smallest absolute Gasteiger partial charge is 0.179 e. The van der Waals surface area contributed by atoms with Gasteiger partial charge in [-0.2, -0.15) is 0 Å². The van der Waals surface area contributed by atoms with E-state index in [1.54, 1.807) is 0 Å². The maximum absolute atomic E-state index is 6.73. The summed E-state index contributed by atoms with van der Waals surface area (Å²) >= 11 is 0. The summed E-state index contributed by atoms with van der Waals surface area (Å²) in [5.41, 5.74) is 9.90. The molecule has 3 heteroatoms. The minimum absolute atomic E-state index is 0.884. The van der Waals surface area contributed by atoms with E-state index in [0.29, 0.717) is 0 Å². The minimum atomic E-state index is -2.66. The van der Waals surface area contributed by atoms with E-state index in [9.17, 15) is 0 Å². The number of aromatic nitrogens is 1. The lowest BCUT2D eigenvalue weighted by atomic mass is 9.98. The number of nitrogens with zero attached hydrogens (tertiary/aromatic N) is 1. The van der Waals surface area contributed by atoms with Crippen LogP contribution in [0.15, 0.2) is 229 Å². The maximum atomic E-state index is 6.73. The Kier molecular flexibility index (Phi) is 7.87. The fourth-order valence-electron chi connectivity index (χ4n) is 9.20. The summed E-state index contributed by atoms with van der Waals surface area (Å²) in [6.07, 6.45) is 0. The van der Waals surface area contributed by atoms with Crippen molar-refractivity contribution in [2.45, 2.75) is 0 Å². The van der Waals surface area contributed by atoms with Crippen LogP contribution < -0.4 is 20.7 Å². The average Bonchev–Trinajstić information content (AvgIpc) is 3.84. The van der Waals surface area contributed by atoms with E-state index in [2.05, 4.69) is 229 Å². The Balaban J connectivity index is 1.03. The van der Waals surface area contributed by atoms with Gasteiger partial charge >= 0.3 is 0 Å². The molecule has 57 heavy (non-hydrogen) atoms. The monoisotopic (exact) mass is 743 g/mol. The van der Waals surface area contributed by atoms with Crippen LogP contribution in [-0.2, 0) is 0 Å². The van der Waals surface area contributed by atoms with Crippen molar-refractivity contribution in [2.24, 2.45) is 0 Å². The molecule has 0 aliphatic carbocycles. The molecule has 0 spiro atoms. The number of fused-ring (bicyclic) bond motifs is 6. The SMILES string of the molecule is c1ccc([Si](c2ccccc2)(c2ccccc2)c2cccc(-c3cccc(-c4ccc5oc6c(-n7c8ccccc8c8ccccc87)cccc6c5c4)c3)c2)cc1. The van der Waals surface area contributed by atoms with Crippen LogP contribution in [0.4, 0.5) is 0 Å². The topological polar surface area (TPSA) is 18.1 Å². The zero-order valence-electron chi connectivity index (χ0n) is 31.2. The van der Waals surface area contributed by atoms with Crippen molar-refractivity contribution in [1.82, 2.24) is 4.57 Å². The fraction of sp³-hybridized carbons (Fsp3) is 0. The molecule has 0 fully saturated rings. The number of hydrogen-bond acceptors (Lipinski definition) is 1. The summed E-state index contributed by atoms with van der Waals surface area (Å²) in [6, 6.07) is 82.0. The Bertz CT molecular complexity index is 3080. The van der Waals surface area contributed by atoms with Gasteiger partial charge < -0.3 is 8.98 Å². The zero-order valence-corrected chi connectivity index (χ0v) is 32.2. The summed E-state index contributed by atoms with van der Waals surface area (Å²) in [5, 5.41) is 10.2. The summed E-state index contributed by atoms with van der Waals surface area (Å²) in [6.45, 7) is 0. The molecule has 2 nitrogen and oxygen atoms in total. The minimum Gasteiger partial charge on any atom is -0.454 e. The van der Waals surface area contributed by atoms with Crippen LogP contribution in [0.3, 0.4) is 0 Å². The quantitative estimate of drug-likeness (QED) is 0.117. The third kappa shape index (κ3) is 5.31. The largest absolute Gasteiger partial charge is 0.454 e. The van der Waals surface area contributed by atoms with E-state index in [1.165, 1.54) is 59.2 Å². The molecule has 0 bridgehead atoms. The highest BCUT2D eigenvalue weighted by Gasteiger charge is 2.41.